The number of carbonyl (C=O) groups is 1. The SMILES string of the molecule is C[C@]12CC[C@H](O[C@@H]3OC[C@@H](O[C@@H]4OC[C@@H](O)[C@H](O)[C@H]4O)[C@H](O)[C@H]3O)C[C@@]1(O)CC[C@@H]1[C@@H]2[C@H](O)C[C@]2(C)[C@@H](C3=CC(=O)OC3)CC[C@]12O. The van der Waals surface area contributed by atoms with Crippen LogP contribution in [0, 0.1) is 28.6 Å². The average molecular weight is 671 g/mol. The molecule has 7 aliphatic rings. The second-order valence-corrected chi connectivity index (χ2v) is 15.8. The minimum Gasteiger partial charge on any atom is -0.458 e. The molecule has 14 nitrogen and oxygen atoms in total. The molecule has 17 atom stereocenters. The highest BCUT2D eigenvalue weighted by atomic mass is 16.7. The summed E-state index contributed by atoms with van der Waals surface area (Å²) in [5.41, 5.74) is -2.78. The number of hydrogen-bond acceptors (Lipinski definition) is 14. The van der Waals surface area contributed by atoms with Gasteiger partial charge in [-0.1, -0.05) is 13.8 Å². The first kappa shape index (κ1) is 34.2. The standard InChI is InChI=1S/C33H50O14/c1-30-6-3-16(46-28-27(40)25(38)21(14-45-28)47-29-26(39)24(37)20(35)13-44-29)10-32(30,41)7-4-18-23(30)19(34)11-31(2)17(5-8-33(18,31)42)15-9-22(36)43-12-15/h9,16-21,23-29,34-35,37-42H,3-8,10-14H2,1-2H3/t16-,17+,18+,19+,20+,21+,23+,24-,25-,26+,27+,28-,29-,30+,31+,32-,33-/m0/s1. The molecule has 8 N–H and O–H groups in total. The van der Waals surface area contributed by atoms with Crippen molar-refractivity contribution >= 4 is 5.97 Å². The maximum Gasteiger partial charge on any atom is 0.331 e. The van der Waals surface area contributed by atoms with Crippen molar-refractivity contribution in [3.05, 3.63) is 11.6 Å². The molecule has 0 aromatic heterocycles. The smallest absolute Gasteiger partial charge is 0.331 e. The molecule has 266 valence electrons. The highest BCUT2D eigenvalue weighted by Crippen LogP contribution is 2.70. The van der Waals surface area contributed by atoms with Crippen molar-refractivity contribution in [1.29, 1.82) is 0 Å². The zero-order chi connectivity index (χ0) is 33.7. The molecule has 0 amide bonds. The summed E-state index contributed by atoms with van der Waals surface area (Å²) in [6.45, 7) is 3.75. The largest absolute Gasteiger partial charge is 0.458 e. The number of fused-ring (bicyclic) bond motifs is 5. The summed E-state index contributed by atoms with van der Waals surface area (Å²) in [6.07, 6.45) is -7.10. The third-order valence-electron chi connectivity index (χ3n) is 13.5. The molecular weight excluding hydrogens is 620 g/mol. The zero-order valence-electron chi connectivity index (χ0n) is 26.9. The van der Waals surface area contributed by atoms with Gasteiger partial charge in [0.2, 0.25) is 0 Å². The molecule has 0 bridgehead atoms. The monoisotopic (exact) mass is 670 g/mol. The van der Waals surface area contributed by atoms with Crippen LogP contribution >= 0.6 is 0 Å². The van der Waals surface area contributed by atoms with Crippen LogP contribution in [0.3, 0.4) is 0 Å². The number of hydrogen-bond donors (Lipinski definition) is 8. The predicted molar refractivity (Wildman–Crippen MR) is 158 cm³/mol. The summed E-state index contributed by atoms with van der Waals surface area (Å²) in [5.74, 6) is -1.04. The molecule has 4 aliphatic carbocycles. The molecule has 14 heteroatoms. The van der Waals surface area contributed by atoms with Crippen LogP contribution in [-0.2, 0) is 28.5 Å². The molecule has 2 saturated heterocycles. The molecule has 0 aromatic rings. The lowest BCUT2D eigenvalue weighted by atomic mass is 9.41. The van der Waals surface area contributed by atoms with Crippen LogP contribution in [-0.4, -0.2) is 139 Å². The van der Waals surface area contributed by atoms with E-state index in [1.54, 1.807) is 0 Å². The Labute approximate surface area is 273 Å². The summed E-state index contributed by atoms with van der Waals surface area (Å²) in [7, 11) is 0. The van der Waals surface area contributed by atoms with E-state index in [2.05, 4.69) is 0 Å². The molecule has 7 rings (SSSR count). The van der Waals surface area contributed by atoms with Crippen LogP contribution in [0.15, 0.2) is 11.6 Å². The van der Waals surface area contributed by atoms with Crippen LogP contribution in [0.4, 0.5) is 0 Å². The van der Waals surface area contributed by atoms with Crippen LogP contribution in [0.2, 0.25) is 0 Å². The summed E-state index contributed by atoms with van der Waals surface area (Å²) in [5, 5.41) is 88.0. The first-order valence-electron chi connectivity index (χ1n) is 17.1. The number of rotatable bonds is 5. The number of aliphatic hydroxyl groups is 8. The highest BCUT2D eigenvalue weighted by molar-refractivity contribution is 5.85. The fraction of sp³-hybridized carbons (Fsp3) is 0.909. The van der Waals surface area contributed by atoms with Crippen molar-refractivity contribution in [3.63, 3.8) is 0 Å². The van der Waals surface area contributed by atoms with Crippen LogP contribution in [0.5, 0.6) is 0 Å². The Bertz CT molecular complexity index is 1250. The van der Waals surface area contributed by atoms with Gasteiger partial charge in [-0.3, -0.25) is 0 Å². The van der Waals surface area contributed by atoms with Gasteiger partial charge in [0, 0.05) is 23.3 Å². The first-order chi connectivity index (χ1) is 22.1. The molecule has 0 radical (unpaired) electrons. The number of carbonyl (C=O) groups excluding carboxylic acids is 1. The van der Waals surface area contributed by atoms with Crippen molar-refractivity contribution < 1.29 is 69.3 Å². The molecule has 6 fully saturated rings. The third-order valence-corrected chi connectivity index (χ3v) is 13.5. The van der Waals surface area contributed by atoms with E-state index in [0.717, 1.165) is 5.57 Å². The van der Waals surface area contributed by atoms with Crippen LogP contribution in [0.25, 0.3) is 0 Å². The van der Waals surface area contributed by atoms with Gasteiger partial charge in [-0.05, 0) is 68.3 Å². The number of cyclic esters (lactones) is 1. The molecule has 3 aliphatic heterocycles. The molecule has 47 heavy (non-hydrogen) atoms. The van der Waals surface area contributed by atoms with Gasteiger partial charge in [0.05, 0.1) is 36.6 Å². The topological polar surface area (TPSA) is 225 Å². The second kappa shape index (κ2) is 11.9. The van der Waals surface area contributed by atoms with E-state index >= 15 is 0 Å². The average Bonchev–Trinajstić information content (AvgIpc) is 3.56. The van der Waals surface area contributed by atoms with Crippen LogP contribution in [0.1, 0.15) is 65.2 Å². The van der Waals surface area contributed by atoms with E-state index in [4.69, 9.17) is 23.7 Å². The molecule has 0 aromatic carbocycles. The Morgan fingerprint density at radius 2 is 1.47 bits per heavy atom. The van der Waals surface area contributed by atoms with Crippen molar-refractivity contribution in [1.82, 2.24) is 0 Å². The van der Waals surface area contributed by atoms with E-state index in [1.165, 1.54) is 6.08 Å². The minimum atomic E-state index is -1.57. The van der Waals surface area contributed by atoms with Crippen molar-refractivity contribution in [2.24, 2.45) is 28.6 Å². The molecular formula is C33H50O14. The van der Waals surface area contributed by atoms with E-state index in [1.807, 2.05) is 13.8 Å². The molecule has 3 heterocycles. The Morgan fingerprint density at radius 1 is 0.766 bits per heavy atom. The van der Waals surface area contributed by atoms with Gasteiger partial charge in [0.15, 0.2) is 12.6 Å². The lowest BCUT2D eigenvalue weighted by Crippen LogP contribution is -2.71. The van der Waals surface area contributed by atoms with E-state index < -0.39 is 83.4 Å². The van der Waals surface area contributed by atoms with Gasteiger partial charge < -0.3 is 64.5 Å². The lowest BCUT2D eigenvalue weighted by Gasteiger charge is -2.67. The molecule has 0 unspecified atom stereocenters. The van der Waals surface area contributed by atoms with Crippen molar-refractivity contribution in [2.45, 2.75) is 138 Å². The summed E-state index contributed by atoms with van der Waals surface area (Å²) >= 11 is 0. The van der Waals surface area contributed by atoms with Gasteiger partial charge >= 0.3 is 5.97 Å². The second-order valence-electron chi connectivity index (χ2n) is 15.8. The van der Waals surface area contributed by atoms with Gasteiger partial charge in [0.25, 0.3) is 0 Å². The fourth-order valence-corrected chi connectivity index (χ4v) is 10.8. The predicted octanol–water partition coefficient (Wildman–Crippen LogP) is -1.38. The first-order valence-corrected chi connectivity index (χ1v) is 17.1. The third kappa shape index (κ3) is 5.17. The van der Waals surface area contributed by atoms with E-state index in [9.17, 15) is 45.6 Å². The Hall–Kier alpha value is -1.27. The van der Waals surface area contributed by atoms with Crippen molar-refractivity contribution in [2.75, 3.05) is 19.8 Å². The van der Waals surface area contributed by atoms with Crippen LogP contribution < -0.4 is 0 Å². The fourth-order valence-electron chi connectivity index (χ4n) is 10.8. The number of aliphatic hydroxyl groups excluding tert-OH is 6. The highest BCUT2D eigenvalue weighted by Gasteiger charge is 2.72. The Morgan fingerprint density at radius 3 is 2.19 bits per heavy atom. The quantitative estimate of drug-likeness (QED) is 0.125. The Balaban J connectivity index is 1.01. The van der Waals surface area contributed by atoms with Crippen molar-refractivity contribution in [3.8, 4) is 0 Å². The summed E-state index contributed by atoms with van der Waals surface area (Å²) < 4.78 is 27.9. The normalized spacial score (nSPS) is 56.3. The summed E-state index contributed by atoms with van der Waals surface area (Å²) in [6, 6.07) is 0. The minimum absolute atomic E-state index is 0.0747. The van der Waals surface area contributed by atoms with Gasteiger partial charge in [-0.2, -0.15) is 0 Å². The molecule has 0 spiro atoms. The van der Waals surface area contributed by atoms with Gasteiger partial charge in [-0.25, -0.2) is 4.79 Å². The number of esters is 1. The van der Waals surface area contributed by atoms with E-state index in [-0.39, 0.29) is 50.0 Å². The maximum atomic E-state index is 12.5. The van der Waals surface area contributed by atoms with E-state index in [0.29, 0.717) is 44.9 Å². The summed E-state index contributed by atoms with van der Waals surface area (Å²) in [4.78, 5) is 11.9. The lowest BCUT2D eigenvalue weighted by molar-refractivity contribution is -0.339. The Kier molecular flexibility index (Phi) is 8.67. The van der Waals surface area contributed by atoms with Gasteiger partial charge in [-0.15, -0.1) is 0 Å². The molecule has 4 saturated carbocycles. The maximum absolute atomic E-state index is 12.5. The van der Waals surface area contributed by atoms with Gasteiger partial charge in [0.1, 0.15) is 43.2 Å². The number of ether oxygens (including phenoxy) is 5. The zero-order valence-corrected chi connectivity index (χ0v) is 26.9.